The second-order valence-electron chi connectivity index (χ2n) is 19.6. The van der Waals surface area contributed by atoms with Gasteiger partial charge in [0.2, 0.25) is 0 Å². The number of methoxy groups -OCH3 is 2. The highest BCUT2D eigenvalue weighted by Gasteiger charge is 2.73. The summed E-state index contributed by atoms with van der Waals surface area (Å²) >= 11 is 0. The molecule has 3 saturated carbocycles. The molecule has 0 aliphatic heterocycles. The van der Waals surface area contributed by atoms with Crippen LogP contribution in [0.3, 0.4) is 0 Å². The van der Waals surface area contributed by atoms with E-state index in [1.54, 1.807) is 117 Å². The average Bonchev–Trinajstić information content (AvgIpc) is 3.67. The van der Waals surface area contributed by atoms with Crippen molar-refractivity contribution in [1.82, 2.24) is 0 Å². The van der Waals surface area contributed by atoms with Crippen LogP contribution in [0.25, 0.3) is 0 Å². The van der Waals surface area contributed by atoms with Crippen LogP contribution >= 0.6 is 0 Å². The highest BCUT2D eigenvalue weighted by Crippen LogP contribution is 2.63. The van der Waals surface area contributed by atoms with Crippen molar-refractivity contribution in [3.05, 3.63) is 173 Å². The van der Waals surface area contributed by atoms with Crippen LogP contribution in [0.1, 0.15) is 88.7 Å². The minimum atomic E-state index is -2.24. The Morgan fingerprint density at radius 2 is 1.18 bits per heavy atom. The number of benzene rings is 5. The number of hydrogen-bond donors (Lipinski definition) is 1. The highest BCUT2D eigenvalue weighted by atomic mass is 16.7. The molecule has 9 atom stereocenters. The molecule has 14 heteroatoms. The van der Waals surface area contributed by atoms with E-state index in [0.29, 0.717) is 12.2 Å². The average molecular weight is 985 g/mol. The Bertz CT molecular complexity index is 2590. The van der Waals surface area contributed by atoms with Crippen molar-refractivity contribution in [2.75, 3.05) is 34.4 Å². The fourth-order valence-corrected chi connectivity index (χ4v) is 11.3. The number of ketones is 1. The van der Waals surface area contributed by atoms with Crippen LogP contribution in [-0.2, 0) is 55.9 Å². The van der Waals surface area contributed by atoms with Crippen LogP contribution in [0.15, 0.2) is 146 Å². The van der Waals surface area contributed by atoms with E-state index in [1.807, 2.05) is 56.3 Å². The first-order valence-corrected chi connectivity index (χ1v) is 24.4. The maximum atomic E-state index is 16.4. The third-order valence-electron chi connectivity index (χ3n) is 15.4. The lowest BCUT2D eigenvalue weighted by atomic mass is 9.53. The first-order valence-electron chi connectivity index (χ1n) is 24.4. The molecule has 3 fully saturated rings. The Hall–Kier alpha value is -6.26. The summed E-state index contributed by atoms with van der Waals surface area (Å²) in [7, 11) is 3.02. The molecule has 0 unspecified atom stereocenters. The lowest BCUT2D eigenvalue weighted by Crippen LogP contribution is -2.70. The summed E-state index contributed by atoms with van der Waals surface area (Å²) in [5.41, 5.74) is -4.50. The van der Waals surface area contributed by atoms with E-state index in [9.17, 15) is 19.5 Å². The van der Waals surface area contributed by atoms with Gasteiger partial charge in [0, 0.05) is 30.8 Å². The maximum Gasteiger partial charge on any atom is 0.338 e. The summed E-state index contributed by atoms with van der Waals surface area (Å²) in [6.45, 7) is 4.42. The molecule has 3 aliphatic carbocycles. The van der Waals surface area contributed by atoms with Gasteiger partial charge in [-0.2, -0.15) is 0 Å². The van der Waals surface area contributed by atoms with Crippen molar-refractivity contribution in [1.29, 1.82) is 0 Å². The molecule has 72 heavy (non-hydrogen) atoms. The van der Waals surface area contributed by atoms with Crippen molar-refractivity contribution in [3.63, 3.8) is 0 Å². The molecule has 0 radical (unpaired) electrons. The van der Waals surface area contributed by atoms with Crippen LogP contribution in [0.5, 0.6) is 5.75 Å². The number of ether oxygens (including phenoxy) is 9. The second kappa shape index (κ2) is 22.7. The normalized spacial score (nSPS) is 27.6. The Morgan fingerprint density at radius 1 is 0.611 bits per heavy atom. The predicted octanol–water partition coefficient (Wildman–Crippen LogP) is 8.97. The molecule has 5 aromatic rings. The van der Waals surface area contributed by atoms with Crippen LogP contribution in [-0.4, -0.2) is 98.8 Å². The van der Waals surface area contributed by atoms with Gasteiger partial charge in [-0.1, -0.05) is 111 Å². The monoisotopic (exact) mass is 984 g/mol. The molecule has 2 bridgehead atoms. The highest BCUT2D eigenvalue weighted by molar-refractivity contribution is 5.92. The van der Waals surface area contributed by atoms with E-state index in [1.165, 1.54) is 7.11 Å². The van der Waals surface area contributed by atoms with E-state index in [-0.39, 0.29) is 62.8 Å². The molecule has 8 rings (SSSR count). The summed E-state index contributed by atoms with van der Waals surface area (Å²) in [4.78, 5) is 59.7. The van der Waals surface area contributed by atoms with Gasteiger partial charge in [0.1, 0.15) is 43.8 Å². The summed E-state index contributed by atoms with van der Waals surface area (Å²) in [6, 6.07) is 42.1. The molecule has 0 heterocycles. The Labute approximate surface area is 420 Å². The quantitative estimate of drug-likeness (QED) is 0.0360. The smallest absolute Gasteiger partial charge is 0.338 e. The largest absolute Gasteiger partial charge is 0.497 e. The number of fused-ring (bicyclic) bond motifs is 3. The van der Waals surface area contributed by atoms with Crippen LogP contribution in [0.2, 0.25) is 0 Å². The van der Waals surface area contributed by atoms with Crippen molar-refractivity contribution in [2.24, 2.45) is 22.7 Å². The first kappa shape index (κ1) is 52.1. The van der Waals surface area contributed by atoms with E-state index < -0.39 is 88.6 Å². The fourth-order valence-electron chi connectivity index (χ4n) is 11.3. The molecule has 0 aromatic heterocycles. The van der Waals surface area contributed by atoms with Crippen LogP contribution in [0, 0.1) is 22.7 Å². The number of aliphatic hydroxyl groups is 1. The molecular formula is C58H64O14. The lowest BCUT2D eigenvalue weighted by molar-refractivity contribution is -0.267. The number of esters is 3. The Balaban J connectivity index is 1.32. The van der Waals surface area contributed by atoms with Crippen molar-refractivity contribution < 1.29 is 66.9 Å². The van der Waals surface area contributed by atoms with E-state index in [2.05, 4.69) is 0 Å². The van der Waals surface area contributed by atoms with Gasteiger partial charge < -0.3 is 47.7 Å². The summed E-state index contributed by atoms with van der Waals surface area (Å²) < 4.78 is 56.9. The number of Topliss-reactive ketones (excluding diaryl/α,β-unsaturated/α-hetero) is 1. The van der Waals surface area contributed by atoms with E-state index >= 15 is 4.79 Å². The standard InChI is InChI=1S/C58H64O14/c1-55(2)45-30-31-58(55,72-54(62)43-24-16-9-17-25-43)49(71-53(61)42-22-14-8-15-23-42)32-46-56(3,51(59)50(45)70-37-64-4)47(69-38-66-34-39-18-10-6-11-19-39)33-48(67-35-40-26-28-44(65-5)29-27-40)57(46,63)36-68-52(60)41-20-12-7-13-21-41/h6-29,45-50,63H,30-38H2,1-5H3/t45-,46+,47+,48-,49+,50-,56+,57-,58-/m1/s1. The molecule has 1 N–H and O–H groups in total. The molecular weight excluding hydrogens is 921 g/mol. The third-order valence-corrected chi connectivity index (χ3v) is 15.4. The number of rotatable bonds is 19. The SMILES string of the molecule is COCO[C@H]1C(=O)[C@]2(C)[C@@H](OCOCc3ccccc3)C[C@@H](OCc3ccc(OC)cc3)[C@@](O)(COC(=O)c3ccccc3)[C@H]2C[C@H](OC(=O)c2ccccc2)[C@]2(OC(=O)c3ccccc3)CC[C@H]1C2(C)C. The number of carbonyl (C=O) groups is 4. The summed E-state index contributed by atoms with van der Waals surface area (Å²) in [5, 5.41) is 14.0. The van der Waals surface area contributed by atoms with Gasteiger partial charge >= 0.3 is 17.9 Å². The van der Waals surface area contributed by atoms with Crippen molar-refractivity contribution in [2.45, 2.75) is 95.3 Å². The van der Waals surface area contributed by atoms with E-state index in [0.717, 1.165) is 11.1 Å². The molecule has 0 spiro atoms. The zero-order valence-electron chi connectivity index (χ0n) is 41.4. The van der Waals surface area contributed by atoms with Gasteiger partial charge in [-0.25, -0.2) is 14.4 Å². The minimum absolute atomic E-state index is 0.0298. The van der Waals surface area contributed by atoms with Gasteiger partial charge in [-0.15, -0.1) is 0 Å². The lowest BCUT2D eigenvalue weighted by Gasteiger charge is -2.57. The Kier molecular flexibility index (Phi) is 16.4. The van der Waals surface area contributed by atoms with Gasteiger partial charge in [0.05, 0.1) is 54.6 Å². The van der Waals surface area contributed by atoms with Gasteiger partial charge in [0.25, 0.3) is 0 Å². The number of carbonyl (C=O) groups excluding carboxylic acids is 4. The number of hydrogen-bond acceptors (Lipinski definition) is 14. The molecule has 14 nitrogen and oxygen atoms in total. The fraction of sp³-hybridized carbons (Fsp3) is 0.414. The molecule has 5 aromatic carbocycles. The zero-order chi connectivity index (χ0) is 50.9. The van der Waals surface area contributed by atoms with Crippen LogP contribution < -0.4 is 4.74 Å². The molecule has 0 amide bonds. The Morgan fingerprint density at radius 3 is 1.78 bits per heavy atom. The summed E-state index contributed by atoms with van der Waals surface area (Å²) in [5.74, 6) is -3.98. The molecule has 0 saturated heterocycles. The predicted molar refractivity (Wildman–Crippen MR) is 264 cm³/mol. The van der Waals surface area contributed by atoms with Crippen molar-refractivity contribution >= 4 is 23.7 Å². The minimum Gasteiger partial charge on any atom is -0.497 e. The maximum absolute atomic E-state index is 16.4. The first-order chi connectivity index (χ1) is 34.7. The summed E-state index contributed by atoms with van der Waals surface area (Å²) in [6.07, 6.45) is -4.89. The topological polar surface area (TPSA) is 172 Å². The van der Waals surface area contributed by atoms with Crippen molar-refractivity contribution in [3.8, 4) is 5.75 Å². The second-order valence-corrected chi connectivity index (χ2v) is 19.6. The van der Waals surface area contributed by atoms with Gasteiger partial charge in [-0.3, -0.25) is 4.79 Å². The van der Waals surface area contributed by atoms with E-state index in [4.69, 9.17) is 42.6 Å². The molecule has 380 valence electrons. The van der Waals surface area contributed by atoms with Gasteiger partial charge in [-0.05, 0) is 85.8 Å². The van der Waals surface area contributed by atoms with Gasteiger partial charge in [0.15, 0.2) is 11.4 Å². The van der Waals surface area contributed by atoms with Crippen LogP contribution in [0.4, 0.5) is 0 Å². The zero-order valence-corrected chi connectivity index (χ0v) is 41.4. The third kappa shape index (κ3) is 10.6. The molecule has 3 aliphatic rings.